The van der Waals surface area contributed by atoms with Crippen molar-refractivity contribution in [3.63, 3.8) is 0 Å². The molecule has 1 unspecified atom stereocenters. The van der Waals surface area contributed by atoms with Crippen molar-refractivity contribution in [2.45, 2.75) is 19.6 Å². The summed E-state index contributed by atoms with van der Waals surface area (Å²) in [6.45, 7) is 2.10. The topological polar surface area (TPSA) is 63.9 Å². The van der Waals surface area contributed by atoms with Gasteiger partial charge >= 0.3 is 0 Å². The van der Waals surface area contributed by atoms with E-state index in [9.17, 15) is 0 Å². The van der Waals surface area contributed by atoms with Crippen LogP contribution in [0.3, 0.4) is 0 Å². The molecule has 1 atom stereocenters. The SMILES string of the molecule is CCC1=C(c2ccc(OC)cc2)C(N=N)OC=C1c1ccc(OC)cc1. The second-order valence-electron chi connectivity index (χ2n) is 5.85. The van der Waals surface area contributed by atoms with Crippen LogP contribution < -0.4 is 9.47 Å². The lowest BCUT2D eigenvalue weighted by molar-refractivity contribution is 0.191. The molecule has 1 N–H and O–H groups in total. The fourth-order valence-corrected chi connectivity index (χ4v) is 3.14. The van der Waals surface area contributed by atoms with Crippen LogP contribution in [0.25, 0.3) is 11.1 Å². The minimum atomic E-state index is -0.639. The zero-order chi connectivity index (χ0) is 18.5. The maximum Gasteiger partial charge on any atom is 0.234 e. The molecule has 5 nitrogen and oxygen atoms in total. The van der Waals surface area contributed by atoms with Gasteiger partial charge in [-0.25, -0.2) is 5.53 Å². The predicted molar refractivity (Wildman–Crippen MR) is 101 cm³/mol. The fraction of sp³-hybridized carbons (Fsp3) is 0.238. The van der Waals surface area contributed by atoms with E-state index >= 15 is 0 Å². The van der Waals surface area contributed by atoms with E-state index in [0.717, 1.165) is 45.8 Å². The smallest absolute Gasteiger partial charge is 0.234 e. The molecule has 0 aliphatic carbocycles. The minimum absolute atomic E-state index is 0.639. The number of nitrogens with zero attached hydrogens (tertiary/aromatic N) is 1. The van der Waals surface area contributed by atoms with Gasteiger partial charge in [0, 0.05) is 11.1 Å². The summed E-state index contributed by atoms with van der Waals surface area (Å²) in [7, 11) is 3.29. The highest BCUT2D eigenvalue weighted by molar-refractivity contribution is 5.91. The van der Waals surface area contributed by atoms with Gasteiger partial charge in [0.2, 0.25) is 6.23 Å². The largest absolute Gasteiger partial charge is 0.497 e. The summed E-state index contributed by atoms with van der Waals surface area (Å²) >= 11 is 0. The van der Waals surface area contributed by atoms with E-state index in [1.807, 2.05) is 48.5 Å². The van der Waals surface area contributed by atoms with Gasteiger partial charge in [0.15, 0.2) is 0 Å². The number of nitrogens with one attached hydrogen (secondary N) is 1. The van der Waals surface area contributed by atoms with E-state index in [1.54, 1.807) is 20.5 Å². The molecule has 1 heterocycles. The Kier molecular flexibility index (Phi) is 5.37. The van der Waals surface area contributed by atoms with Gasteiger partial charge in [-0.2, -0.15) is 0 Å². The number of benzene rings is 2. The van der Waals surface area contributed by atoms with Crippen LogP contribution in [0.15, 0.2) is 65.5 Å². The minimum Gasteiger partial charge on any atom is -0.497 e. The molecule has 0 bridgehead atoms. The molecular formula is C21H22N2O3. The average Bonchev–Trinajstić information content (AvgIpc) is 2.72. The zero-order valence-electron chi connectivity index (χ0n) is 15.2. The first-order valence-corrected chi connectivity index (χ1v) is 8.46. The number of allylic oxidation sites excluding steroid dienone is 2. The van der Waals surface area contributed by atoms with Crippen LogP contribution in [-0.2, 0) is 4.74 Å². The molecule has 0 aromatic heterocycles. The summed E-state index contributed by atoms with van der Waals surface area (Å²) in [4.78, 5) is 0. The molecule has 2 aromatic carbocycles. The summed E-state index contributed by atoms with van der Waals surface area (Å²) in [5.74, 6) is 1.59. The van der Waals surface area contributed by atoms with Gasteiger partial charge in [0.1, 0.15) is 11.5 Å². The maximum atomic E-state index is 7.54. The Morgan fingerprint density at radius 1 is 0.923 bits per heavy atom. The van der Waals surface area contributed by atoms with E-state index in [2.05, 4.69) is 12.0 Å². The van der Waals surface area contributed by atoms with Crippen molar-refractivity contribution in [1.29, 1.82) is 5.53 Å². The van der Waals surface area contributed by atoms with Gasteiger partial charge in [-0.05, 0) is 47.4 Å². The molecule has 1 aliphatic heterocycles. The second kappa shape index (κ2) is 7.87. The normalized spacial score (nSPS) is 16.6. The van der Waals surface area contributed by atoms with Crippen LogP contribution in [0.4, 0.5) is 0 Å². The molecule has 0 saturated heterocycles. The number of methoxy groups -OCH3 is 2. The van der Waals surface area contributed by atoms with Gasteiger partial charge in [-0.3, -0.25) is 0 Å². The number of ether oxygens (including phenoxy) is 3. The molecule has 3 rings (SSSR count). The van der Waals surface area contributed by atoms with Crippen molar-refractivity contribution in [3.05, 3.63) is 71.5 Å². The lowest BCUT2D eigenvalue weighted by Gasteiger charge is -2.26. The average molecular weight is 350 g/mol. The highest BCUT2D eigenvalue weighted by Crippen LogP contribution is 2.40. The lowest BCUT2D eigenvalue weighted by Crippen LogP contribution is -2.16. The third-order valence-electron chi connectivity index (χ3n) is 4.48. The Bertz CT molecular complexity index is 837. The first kappa shape index (κ1) is 17.7. The van der Waals surface area contributed by atoms with E-state index in [1.165, 1.54) is 0 Å². The Morgan fingerprint density at radius 2 is 1.46 bits per heavy atom. The Morgan fingerprint density at radius 3 is 1.92 bits per heavy atom. The van der Waals surface area contributed by atoms with Crippen LogP contribution in [-0.4, -0.2) is 20.4 Å². The van der Waals surface area contributed by atoms with Gasteiger partial charge < -0.3 is 14.2 Å². The molecule has 0 spiro atoms. The highest BCUT2D eigenvalue weighted by atomic mass is 16.5. The number of hydrogen-bond acceptors (Lipinski definition) is 5. The van der Waals surface area contributed by atoms with Crippen LogP contribution in [0, 0.1) is 5.53 Å². The third-order valence-corrected chi connectivity index (χ3v) is 4.48. The molecule has 26 heavy (non-hydrogen) atoms. The highest BCUT2D eigenvalue weighted by Gasteiger charge is 2.27. The molecule has 134 valence electrons. The van der Waals surface area contributed by atoms with Crippen molar-refractivity contribution in [3.8, 4) is 11.5 Å². The van der Waals surface area contributed by atoms with Crippen molar-refractivity contribution in [2.75, 3.05) is 14.2 Å². The Balaban J connectivity index is 2.09. The summed E-state index contributed by atoms with van der Waals surface area (Å²) in [5.41, 5.74) is 12.6. The van der Waals surface area contributed by atoms with Gasteiger partial charge in [0.25, 0.3) is 0 Å². The van der Waals surface area contributed by atoms with Gasteiger partial charge in [-0.15, -0.1) is 5.11 Å². The Hall–Kier alpha value is -3.08. The first-order valence-electron chi connectivity index (χ1n) is 8.46. The molecule has 1 aliphatic rings. The summed E-state index contributed by atoms with van der Waals surface area (Å²) in [6, 6.07) is 15.6. The van der Waals surface area contributed by atoms with Crippen LogP contribution >= 0.6 is 0 Å². The number of rotatable bonds is 6. The van der Waals surface area contributed by atoms with Crippen LogP contribution in [0.5, 0.6) is 11.5 Å². The quantitative estimate of drug-likeness (QED) is 0.719. The fourth-order valence-electron chi connectivity index (χ4n) is 3.14. The monoisotopic (exact) mass is 350 g/mol. The second-order valence-corrected chi connectivity index (χ2v) is 5.85. The number of hydrogen-bond donors (Lipinski definition) is 1. The predicted octanol–water partition coefficient (Wildman–Crippen LogP) is 5.30. The molecular weight excluding hydrogens is 328 g/mol. The molecule has 0 radical (unpaired) electrons. The summed E-state index contributed by atoms with van der Waals surface area (Å²) in [5, 5.41) is 3.68. The van der Waals surface area contributed by atoms with Crippen molar-refractivity contribution in [1.82, 2.24) is 0 Å². The summed E-state index contributed by atoms with van der Waals surface area (Å²) < 4.78 is 16.3. The molecule has 2 aromatic rings. The van der Waals surface area contributed by atoms with E-state index in [-0.39, 0.29) is 0 Å². The first-order chi connectivity index (χ1) is 12.7. The molecule has 0 saturated carbocycles. The van der Waals surface area contributed by atoms with E-state index < -0.39 is 6.23 Å². The van der Waals surface area contributed by atoms with E-state index in [4.69, 9.17) is 19.7 Å². The molecule has 0 fully saturated rings. The van der Waals surface area contributed by atoms with Gasteiger partial charge in [-0.1, -0.05) is 31.2 Å². The van der Waals surface area contributed by atoms with Crippen molar-refractivity contribution in [2.24, 2.45) is 5.11 Å². The van der Waals surface area contributed by atoms with E-state index in [0.29, 0.717) is 0 Å². The summed E-state index contributed by atoms with van der Waals surface area (Å²) in [6.07, 6.45) is 1.87. The standard InChI is InChI=1S/C21H22N2O3/c1-4-18-19(14-5-9-16(24-2)10-6-14)13-26-21(23-22)20(18)15-7-11-17(25-3)12-8-15/h5-13,21-22H,4H2,1-3H3. The van der Waals surface area contributed by atoms with Crippen molar-refractivity contribution < 1.29 is 14.2 Å². The van der Waals surface area contributed by atoms with Crippen LogP contribution in [0.1, 0.15) is 24.5 Å². The zero-order valence-corrected chi connectivity index (χ0v) is 15.2. The van der Waals surface area contributed by atoms with Crippen LogP contribution in [0.2, 0.25) is 0 Å². The third kappa shape index (κ3) is 3.33. The molecule has 5 heteroatoms. The lowest BCUT2D eigenvalue weighted by atomic mass is 9.87. The molecule has 0 amide bonds. The Labute approximate surface area is 153 Å². The van der Waals surface area contributed by atoms with Gasteiger partial charge in [0.05, 0.1) is 20.5 Å². The maximum absolute atomic E-state index is 7.54. The van der Waals surface area contributed by atoms with Crippen molar-refractivity contribution >= 4 is 11.1 Å².